The molecule has 1 atom stereocenters. The Hall–Kier alpha value is -7.34. The number of nitrogens with zero attached hydrogens (tertiary/aromatic N) is 3. The Morgan fingerprint density at radius 3 is 2.09 bits per heavy atom. The van der Waals surface area contributed by atoms with E-state index in [0.717, 1.165) is 51.0 Å². The molecular formula is C60H49N3OSi+2. The first-order chi connectivity index (χ1) is 31.7. The number of pyridine rings is 1. The summed E-state index contributed by atoms with van der Waals surface area (Å²) in [6.45, 7) is 12.2. The van der Waals surface area contributed by atoms with Crippen molar-refractivity contribution in [2.24, 2.45) is 5.92 Å². The van der Waals surface area contributed by atoms with E-state index in [-0.39, 0.29) is 0 Å². The van der Waals surface area contributed by atoms with E-state index >= 15 is 0 Å². The second-order valence-corrected chi connectivity index (χ2v) is 24.6. The van der Waals surface area contributed by atoms with E-state index in [9.17, 15) is 0 Å². The first kappa shape index (κ1) is 38.1. The Morgan fingerprint density at radius 1 is 0.600 bits per heavy atom. The van der Waals surface area contributed by atoms with Crippen LogP contribution in [0.25, 0.3) is 94.3 Å². The van der Waals surface area contributed by atoms with Crippen LogP contribution in [0.4, 0.5) is 0 Å². The molecule has 0 fully saturated rings. The van der Waals surface area contributed by atoms with E-state index < -0.39 is 13.7 Å². The van der Waals surface area contributed by atoms with Crippen LogP contribution in [0.2, 0.25) is 19.6 Å². The highest BCUT2D eigenvalue weighted by atomic mass is 28.3. The van der Waals surface area contributed by atoms with Crippen LogP contribution in [0.15, 0.2) is 193 Å². The summed E-state index contributed by atoms with van der Waals surface area (Å²) in [6, 6.07) is 67.4. The minimum atomic E-state index is -1.88. The van der Waals surface area contributed by atoms with Crippen LogP contribution in [-0.4, -0.2) is 12.6 Å². The molecule has 0 saturated carbocycles. The lowest BCUT2D eigenvalue weighted by atomic mass is 9.88. The number of imidazole rings is 1. The van der Waals surface area contributed by atoms with Crippen LogP contribution in [0.1, 0.15) is 30.5 Å². The average Bonchev–Trinajstić information content (AvgIpc) is 4.04. The third-order valence-corrected chi connectivity index (χ3v) is 16.3. The topological polar surface area (TPSA) is 25.8 Å². The van der Waals surface area contributed by atoms with E-state index in [1.54, 1.807) is 0 Å². The zero-order valence-corrected chi connectivity index (χ0v) is 38.4. The maximum Gasteiger partial charge on any atom is 0.364 e. The van der Waals surface area contributed by atoms with Crippen molar-refractivity contribution in [2.75, 3.05) is 0 Å². The quantitative estimate of drug-likeness (QED) is 0.121. The maximum atomic E-state index is 7.21. The fraction of sp³-hybridized carbons (Fsp3) is 0.133. The smallest absolute Gasteiger partial charge is 0.364 e. The molecule has 11 aromatic rings. The molecule has 4 nitrogen and oxygen atoms in total. The van der Waals surface area contributed by atoms with Gasteiger partial charge in [-0.2, -0.15) is 4.57 Å². The lowest BCUT2D eigenvalue weighted by Gasteiger charge is -2.24. The zero-order chi connectivity index (χ0) is 43.8. The van der Waals surface area contributed by atoms with Gasteiger partial charge in [-0.05, 0) is 101 Å². The van der Waals surface area contributed by atoms with Crippen LogP contribution in [0.5, 0.6) is 0 Å². The van der Waals surface area contributed by atoms with Crippen molar-refractivity contribution in [3.05, 3.63) is 205 Å². The largest absolute Gasteiger partial charge is 0.455 e. The minimum Gasteiger partial charge on any atom is -0.455 e. The molecule has 312 valence electrons. The number of aromatic nitrogens is 3. The summed E-state index contributed by atoms with van der Waals surface area (Å²) in [7, 11) is -1.88. The van der Waals surface area contributed by atoms with Gasteiger partial charge in [0, 0.05) is 33.0 Å². The molecule has 13 rings (SSSR count). The summed E-state index contributed by atoms with van der Waals surface area (Å²) in [5, 5.41) is 6.19. The molecule has 5 heteroatoms. The summed E-state index contributed by atoms with van der Waals surface area (Å²) in [5.41, 5.74) is 16.8. The number of para-hydroxylation sites is 1. The predicted molar refractivity (Wildman–Crippen MR) is 270 cm³/mol. The molecule has 0 saturated heterocycles. The molecular weight excluding hydrogens is 807 g/mol. The molecule has 2 aliphatic rings. The summed E-state index contributed by atoms with van der Waals surface area (Å²) in [4.78, 5) is 0. The predicted octanol–water partition coefficient (Wildman–Crippen LogP) is 13.6. The van der Waals surface area contributed by atoms with Gasteiger partial charge in [0.05, 0.1) is 24.8 Å². The van der Waals surface area contributed by atoms with Crippen LogP contribution >= 0.6 is 0 Å². The highest BCUT2D eigenvalue weighted by molar-refractivity contribution is 6.89. The Morgan fingerprint density at radius 2 is 1.31 bits per heavy atom. The molecule has 3 aromatic heterocycles. The summed E-state index contributed by atoms with van der Waals surface area (Å²) >= 11 is 0. The maximum absolute atomic E-state index is 7.21. The third-order valence-electron chi connectivity index (χ3n) is 14.2. The van der Waals surface area contributed by atoms with E-state index in [2.05, 4.69) is 235 Å². The molecule has 0 bridgehead atoms. The average molecular weight is 856 g/mol. The number of benzene rings is 8. The van der Waals surface area contributed by atoms with Crippen molar-refractivity contribution < 1.29 is 13.6 Å². The Bertz CT molecular complexity index is 3760. The standard InChI is InChI=1S/C60H49N3OSi/c1-38(2)34-43-36-53-47-25-14-16-26-49(47)60(61(53)37-55(43)65(3,4)5)50-31-30-46-45-24-15-17-27-54(45)64-58(46)56(50)59-62(52-33-28-41-22-12-13-23-44(41)57(52)63(59)60)51-32-29-42(39-18-8-6-9-19-39)35-48(51)40-20-10-7-11-21-40/h6-33,35-38H,34H2,1-5H3/q+2. The van der Waals surface area contributed by atoms with Crippen LogP contribution < -0.4 is 14.3 Å². The van der Waals surface area contributed by atoms with Crippen LogP contribution in [0.3, 0.4) is 0 Å². The van der Waals surface area contributed by atoms with E-state index in [1.807, 2.05) is 0 Å². The van der Waals surface area contributed by atoms with Gasteiger partial charge in [-0.3, -0.25) is 0 Å². The molecule has 8 aromatic carbocycles. The Balaban J connectivity index is 1.27. The van der Waals surface area contributed by atoms with E-state index in [4.69, 9.17) is 4.42 Å². The molecule has 1 unspecified atom stereocenters. The van der Waals surface area contributed by atoms with E-state index in [1.165, 1.54) is 71.7 Å². The van der Waals surface area contributed by atoms with Gasteiger partial charge in [0.1, 0.15) is 16.8 Å². The first-order valence-electron chi connectivity index (χ1n) is 23.1. The molecule has 65 heavy (non-hydrogen) atoms. The molecule has 0 radical (unpaired) electrons. The highest BCUT2D eigenvalue weighted by Crippen LogP contribution is 2.53. The van der Waals surface area contributed by atoms with Gasteiger partial charge in [0.15, 0.2) is 22.8 Å². The van der Waals surface area contributed by atoms with Gasteiger partial charge < -0.3 is 4.42 Å². The summed E-state index contributed by atoms with van der Waals surface area (Å²) in [5.74, 6) is 1.64. The van der Waals surface area contributed by atoms with Crippen LogP contribution in [-0.2, 0) is 12.1 Å². The zero-order valence-electron chi connectivity index (χ0n) is 37.4. The van der Waals surface area contributed by atoms with Crippen molar-refractivity contribution in [2.45, 2.75) is 45.6 Å². The van der Waals surface area contributed by atoms with Crippen molar-refractivity contribution in [1.82, 2.24) is 4.57 Å². The highest BCUT2D eigenvalue weighted by Gasteiger charge is 2.67. The molecule has 0 aliphatic carbocycles. The Kier molecular flexibility index (Phi) is 8.12. The molecule has 1 spiro atoms. The molecule has 5 heterocycles. The third kappa shape index (κ3) is 5.30. The number of hydrogen-bond acceptors (Lipinski definition) is 1. The number of rotatable bonds is 6. The van der Waals surface area contributed by atoms with Crippen molar-refractivity contribution >= 4 is 57.0 Å². The number of fused-ring (bicyclic) bond motifs is 18. The normalized spacial score (nSPS) is 15.1. The molecule has 2 aliphatic heterocycles. The van der Waals surface area contributed by atoms with Gasteiger partial charge >= 0.3 is 11.5 Å². The van der Waals surface area contributed by atoms with Crippen LogP contribution in [0, 0.1) is 5.92 Å². The SMILES string of the molecule is CC(C)Cc1cc2[n+](cc1[Si](C)(C)C)C1(c3ccccc3-2)c2ccc3c(oc4ccccc43)c2-c2n(-c3ccc(-c4ccccc4)cc3-c3ccccc3)c3ccc4ccccc4c3[n+]21. The first-order valence-corrected chi connectivity index (χ1v) is 26.6. The monoisotopic (exact) mass is 855 g/mol. The number of furan rings is 1. The second-order valence-electron chi connectivity index (χ2n) is 19.6. The second kappa shape index (κ2) is 13.8. The fourth-order valence-electron chi connectivity index (χ4n) is 11.6. The van der Waals surface area contributed by atoms with Crippen molar-refractivity contribution in [3.63, 3.8) is 0 Å². The van der Waals surface area contributed by atoms with Gasteiger partial charge in [-0.1, -0.05) is 149 Å². The van der Waals surface area contributed by atoms with E-state index in [0.29, 0.717) is 5.92 Å². The van der Waals surface area contributed by atoms with Gasteiger partial charge in [0.25, 0.3) is 0 Å². The lowest BCUT2D eigenvalue weighted by molar-refractivity contribution is -0.944. The summed E-state index contributed by atoms with van der Waals surface area (Å²) < 4.78 is 15.2. The van der Waals surface area contributed by atoms with Crippen molar-refractivity contribution in [3.8, 4) is 50.6 Å². The molecule has 0 amide bonds. The minimum absolute atomic E-state index is 0.532. The van der Waals surface area contributed by atoms with Crippen molar-refractivity contribution in [1.29, 1.82) is 0 Å². The Labute approximate surface area is 380 Å². The number of hydrogen-bond donors (Lipinski definition) is 0. The molecule has 0 N–H and O–H groups in total. The lowest BCUT2D eigenvalue weighted by Crippen LogP contribution is -2.72. The fourth-order valence-corrected chi connectivity index (χ4v) is 13.2. The van der Waals surface area contributed by atoms with Gasteiger partial charge in [-0.15, -0.1) is 9.13 Å². The van der Waals surface area contributed by atoms with Gasteiger partial charge in [0.2, 0.25) is 5.69 Å². The summed E-state index contributed by atoms with van der Waals surface area (Å²) in [6.07, 6.45) is 3.63. The van der Waals surface area contributed by atoms with Gasteiger partial charge in [-0.25, -0.2) is 0 Å².